The predicted molar refractivity (Wildman–Crippen MR) is 78.0 cm³/mol. The van der Waals surface area contributed by atoms with Crippen LogP contribution in [-0.2, 0) is 9.59 Å². The standard InChI is InChI=1S/C16H22N2O2/c1-4-13(5-2)18-11(3)15(19)17-14(16(18)20)12-9-7-6-8-10-12/h6-11,13-14H,4-5H2,1-3H3,(H,17,19). The van der Waals surface area contributed by atoms with E-state index in [1.54, 1.807) is 11.8 Å². The molecule has 0 aromatic heterocycles. The van der Waals surface area contributed by atoms with Crippen molar-refractivity contribution in [1.82, 2.24) is 10.2 Å². The molecule has 1 fully saturated rings. The lowest BCUT2D eigenvalue weighted by molar-refractivity contribution is -0.151. The normalized spacial score (nSPS) is 23.1. The molecule has 0 aliphatic carbocycles. The lowest BCUT2D eigenvalue weighted by Crippen LogP contribution is -2.61. The summed E-state index contributed by atoms with van der Waals surface area (Å²) in [4.78, 5) is 26.7. The minimum absolute atomic E-state index is 0.00278. The molecule has 2 rings (SSSR count). The number of piperazine rings is 1. The fraction of sp³-hybridized carbons (Fsp3) is 0.500. The highest BCUT2D eigenvalue weighted by atomic mass is 16.2. The summed E-state index contributed by atoms with van der Waals surface area (Å²) in [5.41, 5.74) is 0.841. The minimum atomic E-state index is -0.555. The summed E-state index contributed by atoms with van der Waals surface area (Å²) in [6, 6.07) is 8.60. The Morgan fingerprint density at radius 3 is 2.30 bits per heavy atom. The number of benzene rings is 1. The third-order valence-electron chi connectivity index (χ3n) is 4.05. The average Bonchev–Trinajstić information content (AvgIpc) is 2.48. The first-order valence-electron chi connectivity index (χ1n) is 7.27. The third kappa shape index (κ3) is 2.55. The van der Waals surface area contributed by atoms with Crippen molar-refractivity contribution in [1.29, 1.82) is 0 Å². The van der Waals surface area contributed by atoms with Crippen molar-refractivity contribution >= 4 is 11.8 Å². The largest absolute Gasteiger partial charge is 0.339 e. The van der Waals surface area contributed by atoms with E-state index in [2.05, 4.69) is 19.2 Å². The molecule has 1 N–H and O–H groups in total. The molecule has 4 nitrogen and oxygen atoms in total. The van der Waals surface area contributed by atoms with Gasteiger partial charge in [0.25, 0.3) is 5.91 Å². The summed E-state index contributed by atoms with van der Waals surface area (Å²) in [7, 11) is 0. The second-order valence-corrected chi connectivity index (χ2v) is 5.24. The van der Waals surface area contributed by atoms with Gasteiger partial charge in [0.2, 0.25) is 5.91 Å². The lowest BCUT2D eigenvalue weighted by Gasteiger charge is -2.41. The maximum atomic E-state index is 12.8. The molecule has 0 spiro atoms. The molecule has 0 saturated carbocycles. The van der Waals surface area contributed by atoms with Crippen LogP contribution in [0.15, 0.2) is 30.3 Å². The van der Waals surface area contributed by atoms with Crippen molar-refractivity contribution in [3.63, 3.8) is 0 Å². The zero-order valence-electron chi connectivity index (χ0n) is 12.3. The molecule has 0 bridgehead atoms. The van der Waals surface area contributed by atoms with Crippen LogP contribution in [0.2, 0.25) is 0 Å². The summed E-state index contributed by atoms with van der Waals surface area (Å²) < 4.78 is 0. The molecule has 1 aliphatic rings. The van der Waals surface area contributed by atoms with Gasteiger partial charge >= 0.3 is 0 Å². The quantitative estimate of drug-likeness (QED) is 0.915. The number of carbonyl (C=O) groups is 2. The van der Waals surface area contributed by atoms with Crippen molar-refractivity contribution in [3.8, 4) is 0 Å². The number of hydrogen-bond acceptors (Lipinski definition) is 2. The molecule has 0 radical (unpaired) electrons. The van der Waals surface area contributed by atoms with Gasteiger partial charge in [0.05, 0.1) is 0 Å². The number of nitrogens with zero attached hydrogens (tertiary/aromatic N) is 1. The van der Waals surface area contributed by atoms with Gasteiger partial charge in [-0.1, -0.05) is 44.2 Å². The van der Waals surface area contributed by atoms with Crippen molar-refractivity contribution in [3.05, 3.63) is 35.9 Å². The van der Waals surface area contributed by atoms with E-state index in [-0.39, 0.29) is 17.9 Å². The summed E-state index contributed by atoms with van der Waals surface area (Å²) in [6.45, 7) is 5.91. The SMILES string of the molecule is CCC(CC)N1C(=O)C(c2ccccc2)NC(=O)C1C. The van der Waals surface area contributed by atoms with E-state index >= 15 is 0 Å². The van der Waals surface area contributed by atoms with Crippen molar-refractivity contribution in [2.45, 2.75) is 51.7 Å². The summed E-state index contributed by atoms with van der Waals surface area (Å²) in [6.07, 6.45) is 1.72. The van der Waals surface area contributed by atoms with E-state index in [0.29, 0.717) is 0 Å². The van der Waals surface area contributed by atoms with Gasteiger partial charge in [-0.25, -0.2) is 0 Å². The van der Waals surface area contributed by atoms with Crippen LogP contribution in [0.3, 0.4) is 0 Å². The fourth-order valence-corrected chi connectivity index (χ4v) is 2.84. The van der Waals surface area contributed by atoms with Crippen LogP contribution in [-0.4, -0.2) is 28.8 Å². The van der Waals surface area contributed by atoms with Crippen molar-refractivity contribution in [2.75, 3.05) is 0 Å². The van der Waals surface area contributed by atoms with Crippen molar-refractivity contribution in [2.24, 2.45) is 0 Å². The lowest BCUT2D eigenvalue weighted by atomic mass is 9.97. The molecule has 108 valence electrons. The molecule has 1 aromatic rings. The van der Waals surface area contributed by atoms with E-state index in [1.165, 1.54) is 0 Å². The molecular formula is C16H22N2O2. The zero-order valence-corrected chi connectivity index (χ0v) is 12.3. The molecular weight excluding hydrogens is 252 g/mol. The van der Waals surface area contributed by atoms with E-state index in [9.17, 15) is 9.59 Å². The van der Waals surface area contributed by atoms with E-state index in [0.717, 1.165) is 18.4 Å². The number of amides is 2. The first-order valence-corrected chi connectivity index (χ1v) is 7.27. The van der Waals surface area contributed by atoms with Crippen LogP contribution in [0.25, 0.3) is 0 Å². The Kier molecular flexibility index (Phi) is 4.42. The third-order valence-corrected chi connectivity index (χ3v) is 4.05. The van der Waals surface area contributed by atoms with E-state index in [1.807, 2.05) is 30.3 Å². The van der Waals surface area contributed by atoms with Crippen LogP contribution in [0.4, 0.5) is 0 Å². The Balaban J connectivity index is 2.33. The second kappa shape index (κ2) is 6.07. The molecule has 1 aromatic carbocycles. The van der Waals surface area contributed by atoms with Crippen LogP contribution in [0.5, 0.6) is 0 Å². The van der Waals surface area contributed by atoms with Gasteiger partial charge < -0.3 is 10.2 Å². The molecule has 2 unspecified atom stereocenters. The monoisotopic (exact) mass is 274 g/mol. The van der Waals surface area contributed by atoms with Gasteiger partial charge in [-0.05, 0) is 25.3 Å². The summed E-state index contributed by atoms with van der Waals surface area (Å²) in [5, 5.41) is 2.84. The zero-order chi connectivity index (χ0) is 14.7. The molecule has 20 heavy (non-hydrogen) atoms. The van der Waals surface area contributed by atoms with Gasteiger partial charge in [0.15, 0.2) is 0 Å². The van der Waals surface area contributed by atoms with Crippen LogP contribution >= 0.6 is 0 Å². The predicted octanol–water partition coefficient (Wildman–Crippen LogP) is 2.26. The maximum Gasteiger partial charge on any atom is 0.250 e. The van der Waals surface area contributed by atoms with Gasteiger partial charge in [-0.3, -0.25) is 9.59 Å². The molecule has 1 heterocycles. The smallest absolute Gasteiger partial charge is 0.250 e. The fourth-order valence-electron chi connectivity index (χ4n) is 2.84. The number of carbonyl (C=O) groups excluding carboxylic acids is 2. The number of hydrogen-bond donors (Lipinski definition) is 1. The number of rotatable bonds is 4. The Morgan fingerprint density at radius 1 is 1.15 bits per heavy atom. The minimum Gasteiger partial charge on any atom is -0.339 e. The molecule has 2 amide bonds. The molecule has 1 aliphatic heterocycles. The summed E-state index contributed by atoms with van der Waals surface area (Å²) in [5.74, 6) is -0.0812. The topological polar surface area (TPSA) is 49.4 Å². The highest BCUT2D eigenvalue weighted by Gasteiger charge is 2.41. The highest BCUT2D eigenvalue weighted by molar-refractivity contribution is 5.97. The van der Waals surface area contributed by atoms with Crippen LogP contribution < -0.4 is 5.32 Å². The average molecular weight is 274 g/mol. The van der Waals surface area contributed by atoms with Gasteiger partial charge in [0, 0.05) is 6.04 Å². The Hall–Kier alpha value is -1.84. The van der Waals surface area contributed by atoms with Crippen LogP contribution in [0.1, 0.15) is 45.2 Å². The molecule has 1 saturated heterocycles. The summed E-state index contributed by atoms with van der Waals surface area (Å²) >= 11 is 0. The van der Waals surface area contributed by atoms with Gasteiger partial charge in [-0.15, -0.1) is 0 Å². The Labute approximate surface area is 120 Å². The Bertz CT molecular complexity index is 483. The van der Waals surface area contributed by atoms with Gasteiger partial charge in [-0.2, -0.15) is 0 Å². The van der Waals surface area contributed by atoms with Crippen LogP contribution in [0, 0.1) is 0 Å². The first kappa shape index (κ1) is 14.6. The van der Waals surface area contributed by atoms with Gasteiger partial charge in [0.1, 0.15) is 12.1 Å². The molecule has 2 atom stereocenters. The van der Waals surface area contributed by atoms with E-state index in [4.69, 9.17) is 0 Å². The Morgan fingerprint density at radius 2 is 1.75 bits per heavy atom. The second-order valence-electron chi connectivity index (χ2n) is 5.24. The maximum absolute atomic E-state index is 12.8. The highest BCUT2D eigenvalue weighted by Crippen LogP contribution is 2.25. The molecule has 4 heteroatoms. The van der Waals surface area contributed by atoms with Crippen molar-refractivity contribution < 1.29 is 9.59 Å². The first-order chi connectivity index (χ1) is 9.60. The van der Waals surface area contributed by atoms with E-state index < -0.39 is 12.1 Å². The number of nitrogens with one attached hydrogen (secondary N) is 1.